The van der Waals surface area contributed by atoms with Crippen molar-refractivity contribution in [1.29, 1.82) is 0 Å². The van der Waals surface area contributed by atoms with Crippen molar-refractivity contribution in [2.24, 2.45) is 0 Å². The van der Waals surface area contributed by atoms with Crippen LogP contribution in [0.1, 0.15) is 5.56 Å². The molecule has 5 N–H and O–H groups in total. The molecule has 0 bridgehead atoms. The summed E-state index contributed by atoms with van der Waals surface area (Å²) in [7, 11) is -2.69. The van der Waals surface area contributed by atoms with Gasteiger partial charge in [-0.15, -0.1) is 0 Å². The lowest BCUT2D eigenvalue weighted by Crippen LogP contribution is -2.37. The molecule has 1 amide bonds. The number of carbonyl (C=O) groups excluding carboxylic acids is 1. The molecule has 1 aromatic carbocycles. The summed E-state index contributed by atoms with van der Waals surface area (Å²) in [4.78, 5) is 16.3. The third-order valence-electron chi connectivity index (χ3n) is 3.44. The number of likely N-dealkylation sites (N-methyl/N-ethyl adjacent to an activating group) is 1. The van der Waals surface area contributed by atoms with Crippen molar-refractivity contribution in [3.8, 4) is 0 Å². The maximum absolute atomic E-state index is 12.5. The first-order valence-electron chi connectivity index (χ1n) is 6.67. The molecular formula is C15H16N4O4S. The number of nitrogens with one attached hydrogen (secondary N) is 1. The summed E-state index contributed by atoms with van der Waals surface area (Å²) in [5.41, 5.74) is -0.258. The molecule has 1 aliphatic heterocycles. The fraction of sp³-hybridized carbons (Fsp3) is 0.0667. The minimum atomic E-state index is -3.91. The van der Waals surface area contributed by atoms with E-state index in [0.717, 1.165) is 4.31 Å². The number of aliphatic hydroxyl groups is 1. The molecule has 8 nitrogen and oxygen atoms in total. The fourth-order valence-corrected chi connectivity index (χ4v) is 3.69. The van der Waals surface area contributed by atoms with Gasteiger partial charge >= 0.3 is 0 Å². The second-order valence-electron chi connectivity index (χ2n) is 4.84. The van der Waals surface area contributed by atoms with Crippen molar-refractivity contribution in [3.05, 3.63) is 59.9 Å². The Morgan fingerprint density at radius 1 is 1.17 bits per heavy atom. The van der Waals surface area contributed by atoms with E-state index in [2.05, 4.69) is 10.3 Å². The number of rotatable bonds is 2. The molecule has 0 spiro atoms. The van der Waals surface area contributed by atoms with Crippen molar-refractivity contribution in [2.75, 3.05) is 12.4 Å². The van der Waals surface area contributed by atoms with Gasteiger partial charge in [0.1, 0.15) is 5.82 Å². The first kappa shape index (κ1) is 17.4. The molecular weight excluding hydrogens is 332 g/mol. The standard InChI is InChI=1S/C15H13N3O4S.H3N/c1-18-13(15(20)17-12-8-4-5-9-16-12)14(19)10-6-2-3-7-11(10)23(18,21)22;/h2-9,19H,1H3,(H,16,17,20);1H3. The summed E-state index contributed by atoms with van der Waals surface area (Å²) in [6.45, 7) is 0. The number of aliphatic hydroxyl groups excluding tert-OH is 1. The molecule has 0 saturated carbocycles. The molecule has 0 unspecified atom stereocenters. The minimum Gasteiger partial charge on any atom is -0.505 e. The largest absolute Gasteiger partial charge is 0.505 e. The fourth-order valence-electron chi connectivity index (χ4n) is 2.29. The number of pyridine rings is 1. The summed E-state index contributed by atoms with van der Waals surface area (Å²) in [5.74, 6) is -0.907. The zero-order valence-electron chi connectivity index (χ0n) is 12.8. The van der Waals surface area contributed by atoms with Gasteiger partial charge in [0.25, 0.3) is 15.9 Å². The lowest BCUT2D eigenvalue weighted by atomic mass is 10.1. The van der Waals surface area contributed by atoms with E-state index in [1.807, 2.05) is 0 Å². The average Bonchev–Trinajstić information content (AvgIpc) is 2.54. The Labute approximate surface area is 139 Å². The van der Waals surface area contributed by atoms with E-state index < -0.39 is 21.7 Å². The van der Waals surface area contributed by atoms with Gasteiger partial charge in [-0.3, -0.25) is 9.10 Å². The maximum atomic E-state index is 12.5. The number of carbonyl (C=O) groups is 1. The van der Waals surface area contributed by atoms with E-state index in [1.165, 1.54) is 25.4 Å². The Morgan fingerprint density at radius 3 is 2.50 bits per heavy atom. The third-order valence-corrected chi connectivity index (χ3v) is 5.26. The van der Waals surface area contributed by atoms with Crippen LogP contribution in [0.5, 0.6) is 0 Å². The summed E-state index contributed by atoms with van der Waals surface area (Å²) >= 11 is 0. The van der Waals surface area contributed by atoms with Crippen LogP contribution in [0.3, 0.4) is 0 Å². The number of amides is 1. The quantitative estimate of drug-likeness (QED) is 0.756. The molecule has 1 aromatic heterocycles. The molecule has 0 atom stereocenters. The molecule has 0 aliphatic carbocycles. The highest BCUT2D eigenvalue weighted by atomic mass is 32.2. The number of aromatic nitrogens is 1. The van der Waals surface area contributed by atoms with Crippen LogP contribution in [0, 0.1) is 0 Å². The number of hydrogen-bond acceptors (Lipinski definition) is 6. The van der Waals surface area contributed by atoms with Crippen LogP contribution < -0.4 is 11.5 Å². The van der Waals surface area contributed by atoms with Gasteiger partial charge in [0.15, 0.2) is 11.5 Å². The number of benzene rings is 1. The smallest absolute Gasteiger partial charge is 0.277 e. The highest BCUT2D eigenvalue weighted by molar-refractivity contribution is 7.89. The molecule has 126 valence electrons. The number of hydrogen-bond donors (Lipinski definition) is 3. The Kier molecular flexibility index (Phi) is 4.58. The van der Waals surface area contributed by atoms with Gasteiger partial charge in [-0.2, -0.15) is 0 Å². The zero-order valence-corrected chi connectivity index (χ0v) is 13.6. The van der Waals surface area contributed by atoms with Crippen LogP contribution in [-0.2, 0) is 14.8 Å². The first-order chi connectivity index (χ1) is 10.9. The van der Waals surface area contributed by atoms with Crippen molar-refractivity contribution >= 4 is 27.5 Å². The monoisotopic (exact) mass is 348 g/mol. The number of nitrogens with zero attached hydrogens (tertiary/aromatic N) is 2. The normalized spacial score (nSPS) is 15.3. The van der Waals surface area contributed by atoms with E-state index >= 15 is 0 Å². The van der Waals surface area contributed by atoms with Crippen LogP contribution >= 0.6 is 0 Å². The first-order valence-corrected chi connectivity index (χ1v) is 8.11. The van der Waals surface area contributed by atoms with E-state index in [1.54, 1.807) is 30.3 Å². The van der Waals surface area contributed by atoms with Gasteiger partial charge in [0, 0.05) is 18.8 Å². The van der Waals surface area contributed by atoms with Gasteiger partial charge in [0.2, 0.25) is 0 Å². The van der Waals surface area contributed by atoms with Crippen LogP contribution in [-0.4, -0.2) is 35.8 Å². The lowest BCUT2D eigenvalue weighted by Gasteiger charge is -2.28. The van der Waals surface area contributed by atoms with Gasteiger partial charge in [-0.1, -0.05) is 18.2 Å². The molecule has 1 aliphatic rings. The van der Waals surface area contributed by atoms with Crippen LogP contribution in [0.15, 0.2) is 59.3 Å². The number of fused-ring (bicyclic) bond motifs is 1. The van der Waals surface area contributed by atoms with Crippen LogP contribution in [0.4, 0.5) is 5.82 Å². The average molecular weight is 348 g/mol. The van der Waals surface area contributed by atoms with Crippen molar-refractivity contribution in [2.45, 2.75) is 4.90 Å². The molecule has 0 saturated heterocycles. The molecule has 24 heavy (non-hydrogen) atoms. The van der Waals surface area contributed by atoms with Crippen LogP contribution in [0.2, 0.25) is 0 Å². The van der Waals surface area contributed by atoms with Crippen molar-refractivity contribution in [3.63, 3.8) is 0 Å². The van der Waals surface area contributed by atoms with Crippen molar-refractivity contribution in [1.82, 2.24) is 15.4 Å². The second-order valence-corrected chi connectivity index (χ2v) is 6.77. The summed E-state index contributed by atoms with van der Waals surface area (Å²) in [6, 6.07) is 10.9. The number of sulfonamides is 1. The van der Waals surface area contributed by atoms with E-state index in [9.17, 15) is 18.3 Å². The predicted molar refractivity (Wildman–Crippen MR) is 88.8 cm³/mol. The predicted octanol–water partition coefficient (Wildman–Crippen LogP) is 1.74. The molecule has 2 aromatic rings. The van der Waals surface area contributed by atoms with Crippen molar-refractivity contribution < 1.29 is 18.3 Å². The Balaban J connectivity index is 0.00000208. The van der Waals surface area contributed by atoms with Gasteiger partial charge in [-0.25, -0.2) is 13.4 Å². The zero-order chi connectivity index (χ0) is 16.6. The molecule has 3 rings (SSSR count). The third kappa shape index (κ3) is 2.70. The molecule has 9 heteroatoms. The van der Waals surface area contributed by atoms with Gasteiger partial charge < -0.3 is 16.6 Å². The SMILES string of the molecule is CN1C(C(=O)Nc2ccccn2)=C(O)c2ccccc2S1(=O)=O.N. The Morgan fingerprint density at radius 2 is 1.83 bits per heavy atom. The number of anilines is 1. The highest BCUT2D eigenvalue weighted by Gasteiger charge is 2.37. The van der Waals surface area contributed by atoms with E-state index in [0.29, 0.717) is 0 Å². The van der Waals surface area contributed by atoms with E-state index in [4.69, 9.17) is 0 Å². The molecule has 0 radical (unpaired) electrons. The second kappa shape index (κ2) is 6.30. The summed E-state index contributed by atoms with van der Waals surface area (Å²) < 4.78 is 25.8. The lowest BCUT2D eigenvalue weighted by molar-refractivity contribution is -0.113. The van der Waals surface area contributed by atoms with Gasteiger partial charge in [0.05, 0.1) is 4.90 Å². The molecule has 0 fully saturated rings. The molecule has 2 heterocycles. The minimum absolute atomic E-state index is 0. The Bertz CT molecular complexity index is 910. The van der Waals surface area contributed by atoms with Crippen LogP contribution in [0.25, 0.3) is 5.76 Å². The highest BCUT2D eigenvalue weighted by Crippen LogP contribution is 2.34. The van der Waals surface area contributed by atoms with E-state index in [-0.39, 0.29) is 28.1 Å². The summed E-state index contributed by atoms with van der Waals surface area (Å²) in [5, 5.41) is 12.8. The van der Waals surface area contributed by atoms with Gasteiger partial charge in [-0.05, 0) is 24.3 Å². The Hall–Kier alpha value is -2.91. The topological polar surface area (TPSA) is 135 Å². The maximum Gasteiger partial charge on any atom is 0.277 e. The summed E-state index contributed by atoms with van der Waals surface area (Å²) in [6.07, 6.45) is 1.49.